The number of nitrogens with zero attached hydrogens (tertiary/aromatic N) is 2. The smallest absolute Gasteiger partial charge is 0.235 e. The van der Waals surface area contributed by atoms with Gasteiger partial charge in [0.1, 0.15) is 0 Å². The topological polar surface area (TPSA) is 23.6 Å². The van der Waals surface area contributed by atoms with Crippen molar-refractivity contribution < 1.29 is 4.79 Å². The van der Waals surface area contributed by atoms with Gasteiger partial charge in [-0.3, -0.25) is 9.69 Å². The maximum atomic E-state index is 12.1. The van der Waals surface area contributed by atoms with E-state index in [-0.39, 0.29) is 11.2 Å². The molecule has 94 valence electrons. The number of carbonyl (C=O) groups excluding carboxylic acids is 1. The SMILES string of the molecule is CCN1CCN(C(=O)C(S)C(C)C)CC1C. The Morgan fingerprint density at radius 2 is 2.06 bits per heavy atom. The van der Waals surface area contributed by atoms with E-state index in [9.17, 15) is 4.79 Å². The summed E-state index contributed by atoms with van der Waals surface area (Å²) in [4.78, 5) is 16.5. The van der Waals surface area contributed by atoms with E-state index in [1.165, 1.54) is 0 Å². The maximum absolute atomic E-state index is 12.1. The van der Waals surface area contributed by atoms with Crippen molar-refractivity contribution >= 4 is 18.5 Å². The van der Waals surface area contributed by atoms with Gasteiger partial charge in [0.25, 0.3) is 0 Å². The van der Waals surface area contributed by atoms with Crippen molar-refractivity contribution in [3.63, 3.8) is 0 Å². The van der Waals surface area contributed by atoms with Gasteiger partial charge in [0.15, 0.2) is 0 Å². The molecule has 0 aliphatic carbocycles. The van der Waals surface area contributed by atoms with Gasteiger partial charge in [-0.2, -0.15) is 12.6 Å². The van der Waals surface area contributed by atoms with Crippen molar-refractivity contribution in [2.45, 2.75) is 39.0 Å². The van der Waals surface area contributed by atoms with Crippen LogP contribution in [0.3, 0.4) is 0 Å². The molecule has 16 heavy (non-hydrogen) atoms. The van der Waals surface area contributed by atoms with E-state index in [1.54, 1.807) is 0 Å². The molecule has 2 unspecified atom stereocenters. The number of hydrogen-bond donors (Lipinski definition) is 1. The second kappa shape index (κ2) is 5.92. The summed E-state index contributed by atoms with van der Waals surface area (Å²) >= 11 is 4.40. The summed E-state index contributed by atoms with van der Waals surface area (Å²) in [5.41, 5.74) is 0. The fraction of sp³-hybridized carbons (Fsp3) is 0.917. The molecular formula is C12H24N2OS. The zero-order valence-electron chi connectivity index (χ0n) is 10.8. The fourth-order valence-corrected chi connectivity index (χ4v) is 2.30. The van der Waals surface area contributed by atoms with Crippen LogP contribution < -0.4 is 0 Å². The minimum Gasteiger partial charge on any atom is -0.339 e. The van der Waals surface area contributed by atoms with Gasteiger partial charge in [-0.25, -0.2) is 0 Å². The Morgan fingerprint density at radius 3 is 2.50 bits per heavy atom. The summed E-state index contributed by atoms with van der Waals surface area (Å²) < 4.78 is 0. The van der Waals surface area contributed by atoms with Crippen LogP contribution in [0.4, 0.5) is 0 Å². The number of carbonyl (C=O) groups is 1. The molecular weight excluding hydrogens is 220 g/mol. The van der Waals surface area contributed by atoms with Gasteiger partial charge in [0.05, 0.1) is 5.25 Å². The Labute approximate surface area is 105 Å². The molecule has 1 fully saturated rings. The molecule has 1 aliphatic rings. The van der Waals surface area contributed by atoms with Gasteiger partial charge < -0.3 is 4.90 Å². The lowest BCUT2D eigenvalue weighted by molar-refractivity contribution is -0.134. The number of amides is 1. The van der Waals surface area contributed by atoms with Crippen LogP contribution in [0.5, 0.6) is 0 Å². The molecule has 2 atom stereocenters. The lowest BCUT2D eigenvalue weighted by Crippen LogP contribution is -2.55. The predicted octanol–water partition coefficient (Wildman–Crippen LogP) is 1.49. The van der Waals surface area contributed by atoms with E-state index in [0.717, 1.165) is 26.2 Å². The summed E-state index contributed by atoms with van der Waals surface area (Å²) in [7, 11) is 0. The molecule has 0 saturated carbocycles. The van der Waals surface area contributed by atoms with E-state index in [4.69, 9.17) is 0 Å². The van der Waals surface area contributed by atoms with Crippen molar-refractivity contribution in [2.24, 2.45) is 5.92 Å². The third-order valence-electron chi connectivity index (χ3n) is 3.37. The molecule has 0 aromatic carbocycles. The van der Waals surface area contributed by atoms with Crippen LogP contribution in [0.2, 0.25) is 0 Å². The lowest BCUT2D eigenvalue weighted by atomic mass is 10.1. The highest BCUT2D eigenvalue weighted by Gasteiger charge is 2.29. The summed E-state index contributed by atoms with van der Waals surface area (Å²) in [5, 5.41) is -0.152. The van der Waals surface area contributed by atoms with E-state index in [2.05, 4.69) is 31.4 Å². The van der Waals surface area contributed by atoms with Crippen molar-refractivity contribution in [1.29, 1.82) is 0 Å². The van der Waals surface area contributed by atoms with E-state index < -0.39 is 0 Å². The van der Waals surface area contributed by atoms with Crippen LogP contribution in [0.25, 0.3) is 0 Å². The number of piperazine rings is 1. The molecule has 1 saturated heterocycles. The molecule has 1 aliphatic heterocycles. The zero-order valence-corrected chi connectivity index (χ0v) is 11.7. The van der Waals surface area contributed by atoms with Crippen molar-refractivity contribution in [3.8, 4) is 0 Å². The molecule has 3 nitrogen and oxygen atoms in total. The van der Waals surface area contributed by atoms with Crippen LogP contribution in [-0.4, -0.2) is 53.2 Å². The summed E-state index contributed by atoms with van der Waals surface area (Å²) in [6.45, 7) is 12.2. The van der Waals surface area contributed by atoms with E-state index in [0.29, 0.717) is 12.0 Å². The molecule has 1 amide bonds. The Bertz CT molecular complexity index is 245. The first-order valence-corrected chi connectivity index (χ1v) is 6.69. The molecule has 0 bridgehead atoms. The molecule has 0 radical (unpaired) electrons. The van der Waals surface area contributed by atoms with Gasteiger partial charge in [-0.05, 0) is 19.4 Å². The van der Waals surface area contributed by atoms with Crippen LogP contribution >= 0.6 is 12.6 Å². The highest BCUT2D eigenvalue weighted by molar-refractivity contribution is 7.81. The Balaban J connectivity index is 2.54. The molecule has 4 heteroatoms. The van der Waals surface area contributed by atoms with Crippen LogP contribution in [0.1, 0.15) is 27.7 Å². The van der Waals surface area contributed by atoms with Crippen molar-refractivity contribution in [1.82, 2.24) is 9.80 Å². The van der Waals surface area contributed by atoms with Crippen LogP contribution in [0.15, 0.2) is 0 Å². The fourth-order valence-electron chi connectivity index (χ4n) is 2.14. The van der Waals surface area contributed by atoms with E-state index >= 15 is 0 Å². The second-order valence-corrected chi connectivity index (χ2v) is 5.51. The standard InChI is InChI=1S/C12H24N2OS/c1-5-13-6-7-14(8-10(13)4)12(15)11(16)9(2)3/h9-11,16H,5-8H2,1-4H3. The Kier molecular flexibility index (Phi) is 5.12. The molecule has 1 heterocycles. The molecule has 0 spiro atoms. The highest BCUT2D eigenvalue weighted by Crippen LogP contribution is 2.16. The number of likely N-dealkylation sites (N-methyl/N-ethyl adjacent to an activating group) is 1. The van der Waals surface area contributed by atoms with E-state index in [1.807, 2.05) is 18.7 Å². The monoisotopic (exact) mass is 244 g/mol. The lowest BCUT2D eigenvalue weighted by Gasteiger charge is -2.40. The summed E-state index contributed by atoms with van der Waals surface area (Å²) in [6, 6.07) is 0.468. The maximum Gasteiger partial charge on any atom is 0.235 e. The summed E-state index contributed by atoms with van der Waals surface area (Å²) in [5.74, 6) is 0.497. The third-order valence-corrected chi connectivity index (χ3v) is 4.18. The Hall–Kier alpha value is -0.220. The van der Waals surface area contributed by atoms with Crippen molar-refractivity contribution in [3.05, 3.63) is 0 Å². The minimum absolute atomic E-state index is 0.152. The number of hydrogen-bond acceptors (Lipinski definition) is 3. The average molecular weight is 244 g/mol. The van der Waals surface area contributed by atoms with Crippen molar-refractivity contribution in [2.75, 3.05) is 26.2 Å². The first-order chi connectivity index (χ1) is 7.47. The first-order valence-electron chi connectivity index (χ1n) is 6.18. The number of thiol groups is 1. The van der Waals surface area contributed by atoms with Gasteiger partial charge in [-0.15, -0.1) is 0 Å². The Morgan fingerprint density at radius 1 is 1.44 bits per heavy atom. The molecule has 0 N–H and O–H groups in total. The zero-order chi connectivity index (χ0) is 12.3. The largest absolute Gasteiger partial charge is 0.339 e. The van der Waals surface area contributed by atoms with Crippen LogP contribution in [0, 0.1) is 5.92 Å². The summed E-state index contributed by atoms with van der Waals surface area (Å²) in [6.07, 6.45) is 0. The second-order valence-electron chi connectivity index (χ2n) is 4.95. The van der Waals surface area contributed by atoms with Crippen LogP contribution in [-0.2, 0) is 4.79 Å². The highest BCUT2D eigenvalue weighted by atomic mass is 32.1. The number of rotatable bonds is 3. The van der Waals surface area contributed by atoms with Gasteiger partial charge in [0.2, 0.25) is 5.91 Å². The average Bonchev–Trinajstić information content (AvgIpc) is 2.26. The first kappa shape index (κ1) is 13.8. The molecule has 0 aromatic heterocycles. The molecule has 1 rings (SSSR count). The quantitative estimate of drug-likeness (QED) is 0.761. The molecule has 0 aromatic rings. The third kappa shape index (κ3) is 3.14. The van der Waals surface area contributed by atoms with Gasteiger partial charge >= 0.3 is 0 Å². The normalized spacial score (nSPS) is 24.9. The van der Waals surface area contributed by atoms with Gasteiger partial charge in [0, 0.05) is 25.7 Å². The predicted molar refractivity (Wildman–Crippen MR) is 70.9 cm³/mol. The van der Waals surface area contributed by atoms with Gasteiger partial charge in [-0.1, -0.05) is 20.8 Å². The minimum atomic E-state index is -0.152.